The van der Waals surface area contributed by atoms with Crippen LogP contribution >= 0.6 is 0 Å². The molecule has 4 heteroatoms. The van der Waals surface area contributed by atoms with Crippen LogP contribution in [-0.2, 0) is 0 Å². The Morgan fingerprint density at radius 1 is 1.29 bits per heavy atom. The highest BCUT2D eigenvalue weighted by molar-refractivity contribution is 5.45. The first-order valence-electron chi connectivity index (χ1n) is 5.09. The summed E-state index contributed by atoms with van der Waals surface area (Å²) < 4.78 is 5.59. The molecule has 0 saturated heterocycles. The molecule has 0 fully saturated rings. The van der Waals surface area contributed by atoms with E-state index in [1.807, 2.05) is 13.0 Å². The topological polar surface area (TPSA) is 71.9 Å². The summed E-state index contributed by atoms with van der Waals surface area (Å²) in [4.78, 5) is 4.05. The lowest BCUT2D eigenvalue weighted by atomic mass is 10.1. The highest BCUT2D eigenvalue weighted by Crippen LogP contribution is 2.25. The monoisotopic (exact) mass is 225 g/mol. The lowest BCUT2D eigenvalue weighted by molar-refractivity contribution is 0.460. The Morgan fingerprint density at radius 2 is 2.12 bits per heavy atom. The maximum absolute atomic E-state index is 8.82. The van der Waals surface area contributed by atoms with E-state index in [-0.39, 0.29) is 0 Å². The molecule has 1 aromatic heterocycles. The van der Waals surface area contributed by atoms with Gasteiger partial charge in [0.2, 0.25) is 5.88 Å². The third-order valence-electron chi connectivity index (χ3n) is 2.29. The number of pyridine rings is 1. The number of ether oxygens (including phenoxy) is 1. The number of aryl methyl sites for hydroxylation is 1. The van der Waals surface area contributed by atoms with Crippen LogP contribution in [0.3, 0.4) is 0 Å². The van der Waals surface area contributed by atoms with Gasteiger partial charge in [-0.2, -0.15) is 5.26 Å². The largest absolute Gasteiger partial charge is 0.439 e. The molecule has 4 nitrogen and oxygen atoms in total. The standard InChI is InChI=1S/C13H11N3O/c1-9-2-3-10(8-14)6-12(9)17-13-7-11(15)4-5-16-13/h2-7H,1H3,(H2,15,16). The molecule has 84 valence electrons. The van der Waals surface area contributed by atoms with Gasteiger partial charge in [0.25, 0.3) is 0 Å². The zero-order chi connectivity index (χ0) is 12.3. The minimum atomic E-state index is 0.420. The number of nitrogens with two attached hydrogens (primary N) is 1. The average Bonchev–Trinajstić information content (AvgIpc) is 2.32. The number of nitrogens with zero attached hydrogens (tertiary/aromatic N) is 2. The molecular weight excluding hydrogens is 214 g/mol. The van der Waals surface area contributed by atoms with Gasteiger partial charge in [0, 0.05) is 18.0 Å². The van der Waals surface area contributed by atoms with Crippen molar-refractivity contribution in [1.29, 1.82) is 5.26 Å². The van der Waals surface area contributed by atoms with Crippen LogP contribution < -0.4 is 10.5 Å². The number of nitriles is 1. The van der Waals surface area contributed by atoms with Crippen LogP contribution in [0.25, 0.3) is 0 Å². The van der Waals surface area contributed by atoms with Crippen LogP contribution in [0.15, 0.2) is 36.5 Å². The SMILES string of the molecule is Cc1ccc(C#N)cc1Oc1cc(N)ccn1. The number of rotatable bonds is 2. The molecule has 0 spiro atoms. The van der Waals surface area contributed by atoms with E-state index in [1.165, 1.54) is 0 Å². The minimum absolute atomic E-state index is 0.420. The summed E-state index contributed by atoms with van der Waals surface area (Å²) in [5, 5.41) is 8.82. The van der Waals surface area contributed by atoms with E-state index in [4.69, 9.17) is 15.7 Å². The zero-order valence-corrected chi connectivity index (χ0v) is 9.34. The molecule has 1 heterocycles. The summed E-state index contributed by atoms with van der Waals surface area (Å²) >= 11 is 0. The van der Waals surface area contributed by atoms with Gasteiger partial charge >= 0.3 is 0 Å². The van der Waals surface area contributed by atoms with Gasteiger partial charge in [-0.3, -0.25) is 0 Å². The van der Waals surface area contributed by atoms with Gasteiger partial charge < -0.3 is 10.5 Å². The van der Waals surface area contributed by atoms with Gasteiger partial charge in [-0.25, -0.2) is 4.98 Å². The van der Waals surface area contributed by atoms with Crippen molar-refractivity contribution in [2.45, 2.75) is 6.92 Å². The van der Waals surface area contributed by atoms with Gasteiger partial charge in [0.05, 0.1) is 11.6 Å². The molecule has 0 aliphatic heterocycles. The summed E-state index contributed by atoms with van der Waals surface area (Å²) in [5.41, 5.74) is 7.71. The fourth-order valence-corrected chi connectivity index (χ4v) is 1.37. The first kappa shape index (κ1) is 11.0. The summed E-state index contributed by atoms with van der Waals surface area (Å²) in [5.74, 6) is 1.03. The Balaban J connectivity index is 2.33. The molecule has 0 radical (unpaired) electrons. The quantitative estimate of drug-likeness (QED) is 0.852. The highest BCUT2D eigenvalue weighted by Gasteiger charge is 2.04. The van der Waals surface area contributed by atoms with Crippen molar-refractivity contribution in [3.8, 4) is 17.7 Å². The van der Waals surface area contributed by atoms with Gasteiger partial charge in [0.15, 0.2) is 0 Å². The summed E-state index contributed by atoms with van der Waals surface area (Å²) in [7, 11) is 0. The van der Waals surface area contributed by atoms with Gasteiger partial charge in [-0.1, -0.05) is 6.07 Å². The van der Waals surface area contributed by atoms with Crippen LogP contribution in [-0.4, -0.2) is 4.98 Å². The molecule has 0 unspecified atom stereocenters. The fourth-order valence-electron chi connectivity index (χ4n) is 1.37. The number of nitrogen functional groups attached to an aromatic ring is 1. The number of aromatic nitrogens is 1. The molecule has 0 saturated carbocycles. The lowest BCUT2D eigenvalue weighted by Gasteiger charge is -2.08. The van der Waals surface area contributed by atoms with E-state index < -0.39 is 0 Å². The second-order valence-electron chi connectivity index (χ2n) is 3.62. The van der Waals surface area contributed by atoms with Crippen molar-refractivity contribution >= 4 is 5.69 Å². The van der Waals surface area contributed by atoms with E-state index in [0.717, 1.165) is 5.56 Å². The molecule has 0 amide bonds. The normalized spacial score (nSPS) is 9.65. The Bertz CT molecular complexity index is 587. The average molecular weight is 225 g/mol. The molecule has 0 aliphatic rings. The third-order valence-corrected chi connectivity index (χ3v) is 2.29. The molecule has 17 heavy (non-hydrogen) atoms. The van der Waals surface area contributed by atoms with Crippen LogP contribution in [0.5, 0.6) is 11.6 Å². The molecular formula is C13H11N3O. The van der Waals surface area contributed by atoms with Crippen molar-refractivity contribution in [1.82, 2.24) is 4.98 Å². The van der Waals surface area contributed by atoms with Crippen LogP contribution in [0.2, 0.25) is 0 Å². The second-order valence-corrected chi connectivity index (χ2v) is 3.62. The van der Waals surface area contributed by atoms with E-state index in [9.17, 15) is 0 Å². The third kappa shape index (κ3) is 2.52. The van der Waals surface area contributed by atoms with Crippen molar-refractivity contribution in [3.63, 3.8) is 0 Å². The van der Waals surface area contributed by atoms with E-state index in [1.54, 1.807) is 30.5 Å². The number of anilines is 1. The molecule has 2 aromatic rings. The Kier molecular flexibility index (Phi) is 2.93. The number of hydrogen-bond donors (Lipinski definition) is 1. The fraction of sp³-hybridized carbons (Fsp3) is 0.0769. The first-order valence-corrected chi connectivity index (χ1v) is 5.09. The van der Waals surface area contributed by atoms with Crippen molar-refractivity contribution in [2.24, 2.45) is 0 Å². The van der Waals surface area contributed by atoms with E-state index in [0.29, 0.717) is 22.9 Å². The maximum Gasteiger partial charge on any atom is 0.221 e. The highest BCUT2D eigenvalue weighted by atomic mass is 16.5. The smallest absolute Gasteiger partial charge is 0.221 e. The number of benzene rings is 1. The van der Waals surface area contributed by atoms with Crippen LogP contribution in [0.1, 0.15) is 11.1 Å². The summed E-state index contributed by atoms with van der Waals surface area (Å²) in [6, 6.07) is 10.6. The second kappa shape index (κ2) is 4.54. The van der Waals surface area contributed by atoms with Crippen LogP contribution in [0, 0.1) is 18.3 Å². The predicted octanol–water partition coefficient (Wildman–Crippen LogP) is 2.64. The molecule has 0 aliphatic carbocycles. The van der Waals surface area contributed by atoms with Gasteiger partial charge in [0.1, 0.15) is 5.75 Å². The van der Waals surface area contributed by atoms with Crippen molar-refractivity contribution in [3.05, 3.63) is 47.7 Å². The minimum Gasteiger partial charge on any atom is -0.439 e. The molecule has 0 bridgehead atoms. The Labute approximate surface area is 99.3 Å². The zero-order valence-electron chi connectivity index (χ0n) is 9.34. The molecule has 2 N–H and O–H groups in total. The van der Waals surface area contributed by atoms with Crippen molar-refractivity contribution in [2.75, 3.05) is 5.73 Å². The summed E-state index contributed by atoms with van der Waals surface area (Å²) in [6.07, 6.45) is 1.58. The summed E-state index contributed by atoms with van der Waals surface area (Å²) in [6.45, 7) is 1.91. The van der Waals surface area contributed by atoms with Gasteiger partial charge in [-0.05, 0) is 30.7 Å². The first-order chi connectivity index (χ1) is 8.19. The molecule has 1 aromatic carbocycles. The Hall–Kier alpha value is -2.54. The molecule has 0 atom stereocenters. The maximum atomic E-state index is 8.82. The number of hydrogen-bond acceptors (Lipinski definition) is 4. The Morgan fingerprint density at radius 3 is 2.82 bits per heavy atom. The van der Waals surface area contributed by atoms with E-state index >= 15 is 0 Å². The lowest BCUT2D eigenvalue weighted by Crippen LogP contribution is -1.93. The predicted molar refractivity (Wildman–Crippen MR) is 64.6 cm³/mol. The van der Waals surface area contributed by atoms with Crippen LogP contribution in [0.4, 0.5) is 5.69 Å². The van der Waals surface area contributed by atoms with E-state index in [2.05, 4.69) is 11.1 Å². The molecule has 2 rings (SSSR count). The van der Waals surface area contributed by atoms with Crippen molar-refractivity contribution < 1.29 is 4.74 Å². The van der Waals surface area contributed by atoms with Gasteiger partial charge in [-0.15, -0.1) is 0 Å².